The Labute approximate surface area is 448 Å². The molecule has 0 saturated heterocycles. The summed E-state index contributed by atoms with van der Waals surface area (Å²) in [5.41, 5.74) is 22.8. The second kappa shape index (κ2) is 17.3. The fourth-order valence-corrected chi connectivity index (χ4v) is 20.6. The molecule has 13 aromatic rings. The Morgan fingerprint density at radius 2 is 0.645 bits per heavy atom. The van der Waals surface area contributed by atoms with Crippen LogP contribution in [0.2, 0.25) is 0 Å². The number of hydrogen-bond acceptors (Lipinski definition) is 3. The molecule has 0 aliphatic carbocycles. The van der Waals surface area contributed by atoms with Crippen LogP contribution in [0.15, 0.2) is 243 Å². The topological polar surface area (TPSA) is 19.6 Å². The van der Waals surface area contributed by atoms with Gasteiger partial charge >= 0.3 is 451 Å². The molecule has 0 bridgehead atoms. The Kier molecular flexibility index (Phi) is 10.1. The number of benzene rings is 11. The standard InChI is InChI=1S/C70H52N5.Ga/c1-48-23-19-24-49(2)69(48)72(54-31-21-33-56(43-54)74-65-39-15-11-35-61(65)62-36-12-16-40-66(62)74)59-45-58(71(52-27-7-5-8-28-52)53-29-9-6-10-30-53)46-60(47-59)73(70-50(3)25-20-26-51(70)4)55-32-22-34-57(44-55)75-67-41-17-13-37-63(67)64-38-14-18-42-68(64)75;/h5-30,33-46H,1-4H3;. The minimum atomic E-state index is -3.14. The van der Waals surface area contributed by atoms with Gasteiger partial charge in [0.15, 0.2) is 0 Å². The van der Waals surface area contributed by atoms with E-state index in [1.807, 2.05) is 0 Å². The summed E-state index contributed by atoms with van der Waals surface area (Å²) in [7, 11) is 0. The van der Waals surface area contributed by atoms with Crippen LogP contribution < -0.4 is 27.1 Å². The summed E-state index contributed by atoms with van der Waals surface area (Å²) in [5.74, 6) is 0. The van der Waals surface area contributed by atoms with E-state index in [-0.39, 0.29) is 0 Å². The van der Waals surface area contributed by atoms with E-state index in [1.165, 1.54) is 112 Å². The maximum absolute atomic E-state index is 3.14. The van der Waals surface area contributed by atoms with Crippen molar-refractivity contribution in [3.63, 3.8) is 0 Å². The van der Waals surface area contributed by atoms with Crippen molar-refractivity contribution >= 4 is 123 Å². The van der Waals surface area contributed by atoms with Gasteiger partial charge in [0.05, 0.1) is 0 Å². The predicted molar refractivity (Wildman–Crippen MR) is 323 cm³/mol. The molecule has 0 saturated carbocycles. The molecule has 360 valence electrons. The van der Waals surface area contributed by atoms with Gasteiger partial charge in [-0.1, -0.05) is 0 Å². The fourth-order valence-electron chi connectivity index (χ4n) is 13.2. The van der Waals surface area contributed by atoms with Crippen LogP contribution in [0.4, 0.5) is 51.2 Å². The third-order valence-corrected chi connectivity index (χ3v) is 23.4. The molecule has 0 amide bonds. The van der Waals surface area contributed by atoms with Gasteiger partial charge in [0.2, 0.25) is 0 Å². The van der Waals surface area contributed by atoms with Crippen molar-refractivity contribution in [1.82, 2.24) is 9.13 Å². The summed E-state index contributed by atoms with van der Waals surface area (Å²) >= 11 is -3.14. The Morgan fingerprint density at radius 1 is 0.303 bits per heavy atom. The summed E-state index contributed by atoms with van der Waals surface area (Å²) < 4.78 is 9.35. The molecule has 11 aromatic carbocycles. The molecule has 2 aliphatic rings. The van der Waals surface area contributed by atoms with E-state index in [9.17, 15) is 0 Å². The molecule has 5 nitrogen and oxygen atoms in total. The average molecular weight is 1030 g/mol. The van der Waals surface area contributed by atoms with E-state index in [2.05, 4.69) is 294 Å². The van der Waals surface area contributed by atoms with Crippen molar-refractivity contribution in [2.45, 2.75) is 27.7 Å². The summed E-state index contributed by atoms with van der Waals surface area (Å²) in [6, 6.07) is 90.9. The molecular weight excluding hydrogens is 981 g/mol. The molecule has 0 radical (unpaired) electrons. The number of hydrogen-bond donors (Lipinski definition) is 0. The van der Waals surface area contributed by atoms with Gasteiger partial charge in [-0.3, -0.25) is 0 Å². The zero-order valence-corrected chi connectivity index (χ0v) is 45.3. The first-order valence-electron chi connectivity index (χ1n) is 26.5. The Bertz CT molecular complexity index is 4070. The number of aromatic nitrogens is 2. The van der Waals surface area contributed by atoms with Gasteiger partial charge in [0.25, 0.3) is 0 Å². The molecule has 15 rings (SSSR count). The van der Waals surface area contributed by atoms with Gasteiger partial charge in [-0.25, -0.2) is 0 Å². The fraction of sp³-hybridized carbons (Fsp3) is 0.0571. The summed E-state index contributed by atoms with van der Waals surface area (Å²) in [4.78, 5) is 7.78. The van der Waals surface area contributed by atoms with Crippen LogP contribution in [0.25, 0.3) is 55.0 Å². The van der Waals surface area contributed by atoms with Crippen LogP contribution in [0.3, 0.4) is 0 Å². The maximum atomic E-state index is 2.66. The third-order valence-electron chi connectivity index (χ3n) is 16.3. The Balaban J connectivity index is 1.09. The van der Waals surface area contributed by atoms with Gasteiger partial charge in [-0.15, -0.1) is 0 Å². The Morgan fingerprint density at radius 3 is 1.01 bits per heavy atom. The second-order valence-electron chi connectivity index (χ2n) is 20.7. The van der Waals surface area contributed by atoms with E-state index in [0.717, 1.165) is 28.4 Å². The molecule has 6 heteroatoms. The molecular formula is C70H52GaN5. The number of aryl methyl sites for hydroxylation is 4. The molecule has 0 unspecified atom stereocenters. The predicted octanol–water partition coefficient (Wildman–Crippen LogP) is 16.7. The van der Waals surface area contributed by atoms with Gasteiger partial charge in [0, 0.05) is 0 Å². The van der Waals surface area contributed by atoms with Crippen LogP contribution in [0, 0.1) is 27.7 Å². The van der Waals surface area contributed by atoms with Crippen molar-refractivity contribution < 1.29 is 0 Å². The zero-order valence-electron chi connectivity index (χ0n) is 42.9. The van der Waals surface area contributed by atoms with Gasteiger partial charge in [0.1, 0.15) is 0 Å². The van der Waals surface area contributed by atoms with Crippen LogP contribution in [-0.4, -0.2) is 25.4 Å². The summed E-state index contributed by atoms with van der Waals surface area (Å²) in [6.07, 6.45) is 0. The van der Waals surface area contributed by atoms with E-state index in [1.54, 1.807) is 0 Å². The number of fused-ring (bicyclic) bond motifs is 10. The third kappa shape index (κ3) is 6.60. The molecule has 0 N–H and O–H groups in total. The van der Waals surface area contributed by atoms with Crippen molar-refractivity contribution in [2.24, 2.45) is 0 Å². The minimum absolute atomic E-state index is 1.10. The quantitative estimate of drug-likeness (QED) is 0.148. The van der Waals surface area contributed by atoms with Crippen LogP contribution in [0.5, 0.6) is 0 Å². The van der Waals surface area contributed by atoms with Crippen LogP contribution >= 0.6 is 0 Å². The first-order chi connectivity index (χ1) is 37.4. The SMILES string of the molecule is Cc1cccc(C)c1N1c2cc(-n3c4ccccc4c4ccccc43)cc[c]2[Ga]2[c]3ccc(-n4c5ccccc5c5ccccc54)cc3N(c3c(C)cccc3C)c3cc(N(c4ccccc4)c4ccccc4)cc1[c]32. The average Bonchev–Trinajstić information content (AvgIpc) is 4.11. The summed E-state index contributed by atoms with van der Waals surface area (Å²) in [5, 5.41) is 5.03. The molecule has 0 spiro atoms. The number of nitrogens with zero attached hydrogens (tertiary/aromatic N) is 5. The van der Waals surface area contributed by atoms with E-state index in [0.29, 0.717) is 0 Å². The van der Waals surface area contributed by atoms with Crippen molar-refractivity contribution in [3.05, 3.63) is 265 Å². The number of anilines is 9. The monoisotopic (exact) mass is 1030 g/mol. The first kappa shape index (κ1) is 44.5. The normalized spacial score (nSPS) is 12.7. The number of para-hydroxylation sites is 8. The molecule has 0 atom stereocenters. The molecule has 76 heavy (non-hydrogen) atoms. The van der Waals surface area contributed by atoms with Gasteiger partial charge in [-0.2, -0.15) is 0 Å². The molecule has 2 aromatic heterocycles. The molecule has 2 aliphatic heterocycles. The Hall–Kier alpha value is -8.94. The van der Waals surface area contributed by atoms with Crippen molar-refractivity contribution in [1.29, 1.82) is 0 Å². The molecule has 0 fully saturated rings. The molecule has 4 heterocycles. The van der Waals surface area contributed by atoms with Gasteiger partial charge < -0.3 is 0 Å². The summed E-state index contributed by atoms with van der Waals surface area (Å²) in [6.45, 7) is 9.16. The second-order valence-corrected chi connectivity index (χ2v) is 26.4. The van der Waals surface area contributed by atoms with Crippen molar-refractivity contribution in [2.75, 3.05) is 14.7 Å². The van der Waals surface area contributed by atoms with E-state index in [4.69, 9.17) is 0 Å². The van der Waals surface area contributed by atoms with Crippen LogP contribution in [0.1, 0.15) is 22.3 Å². The first-order valence-corrected chi connectivity index (χ1v) is 30.1. The van der Waals surface area contributed by atoms with E-state index >= 15 is 0 Å². The van der Waals surface area contributed by atoms with Gasteiger partial charge in [-0.05, 0) is 0 Å². The van der Waals surface area contributed by atoms with E-state index < -0.39 is 16.2 Å². The van der Waals surface area contributed by atoms with Crippen molar-refractivity contribution in [3.8, 4) is 11.4 Å². The zero-order chi connectivity index (χ0) is 50.8. The number of rotatable bonds is 7. The van der Waals surface area contributed by atoms with Crippen LogP contribution in [-0.2, 0) is 0 Å².